The van der Waals surface area contributed by atoms with E-state index in [2.05, 4.69) is 4.98 Å². The van der Waals surface area contributed by atoms with Crippen molar-refractivity contribution in [1.82, 2.24) is 4.98 Å². The Hall–Kier alpha value is -1.85. The second kappa shape index (κ2) is 7.24. The Balaban J connectivity index is 2.09. The highest BCUT2D eigenvalue weighted by atomic mass is 32.2. The van der Waals surface area contributed by atoms with Crippen molar-refractivity contribution in [2.75, 3.05) is 12.9 Å². The number of carbonyl (C=O) groups is 1. The molecule has 2 aromatic rings. The number of rotatable bonds is 6. The number of thioether (sulfide) groups is 1. The van der Waals surface area contributed by atoms with Crippen LogP contribution in [0.2, 0.25) is 0 Å². The van der Waals surface area contributed by atoms with Crippen molar-refractivity contribution in [1.29, 1.82) is 0 Å². The minimum Gasteiger partial charge on any atom is -0.467 e. The highest BCUT2D eigenvalue weighted by Gasteiger charge is 2.36. The van der Waals surface area contributed by atoms with Crippen molar-refractivity contribution >= 4 is 17.7 Å². The van der Waals surface area contributed by atoms with Crippen LogP contribution in [0, 0.1) is 0 Å². The molecule has 21 heavy (non-hydrogen) atoms. The zero-order chi connectivity index (χ0) is 15.1. The number of aromatic nitrogens is 1. The summed E-state index contributed by atoms with van der Waals surface area (Å²) < 4.78 is 4.88. The van der Waals surface area contributed by atoms with Gasteiger partial charge < -0.3 is 10.5 Å². The Bertz CT molecular complexity index is 577. The van der Waals surface area contributed by atoms with Gasteiger partial charge in [0, 0.05) is 11.9 Å². The van der Waals surface area contributed by atoms with Gasteiger partial charge in [0.1, 0.15) is 5.54 Å². The maximum Gasteiger partial charge on any atom is 0.330 e. The van der Waals surface area contributed by atoms with Gasteiger partial charge in [0.2, 0.25) is 0 Å². The molecular weight excluding hydrogens is 284 g/mol. The molecular formula is C16H18N2O2S. The van der Waals surface area contributed by atoms with Crippen LogP contribution in [0.25, 0.3) is 0 Å². The molecule has 1 aromatic carbocycles. The van der Waals surface area contributed by atoms with E-state index >= 15 is 0 Å². The van der Waals surface area contributed by atoms with E-state index in [1.54, 1.807) is 18.0 Å². The normalized spacial score (nSPS) is 13.4. The number of nitrogens with two attached hydrogens (primary N) is 1. The Labute approximate surface area is 128 Å². The van der Waals surface area contributed by atoms with E-state index in [9.17, 15) is 4.79 Å². The Kier molecular flexibility index (Phi) is 5.36. The Morgan fingerprint density at radius 1 is 1.24 bits per heavy atom. The Morgan fingerprint density at radius 2 is 1.95 bits per heavy atom. The van der Waals surface area contributed by atoms with E-state index in [1.807, 2.05) is 48.5 Å². The first-order valence-electron chi connectivity index (χ1n) is 6.63. The third-order valence-corrected chi connectivity index (χ3v) is 4.17. The van der Waals surface area contributed by atoms with Gasteiger partial charge in [-0.2, -0.15) is 0 Å². The number of pyridine rings is 1. The lowest BCUT2D eigenvalue weighted by Crippen LogP contribution is -2.46. The SMILES string of the molecule is COC(=O)C(N)(CCSc1ccccn1)c1ccccc1. The number of ether oxygens (including phenoxy) is 1. The van der Waals surface area contributed by atoms with E-state index in [0.29, 0.717) is 12.2 Å². The van der Waals surface area contributed by atoms with Crippen molar-refractivity contribution in [3.63, 3.8) is 0 Å². The molecule has 0 spiro atoms. The van der Waals surface area contributed by atoms with Crippen molar-refractivity contribution in [3.8, 4) is 0 Å². The molecule has 2 N–H and O–H groups in total. The molecule has 0 aliphatic rings. The summed E-state index contributed by atoms with van der Waals surface area (Å²) in [5.41, 5.74) is 5.96. The molecule has 0 aliphatic heterocycles. The van der Waals surface area contributed by atoms with E-state index in [1.165, 1.54) is 7.11 Å². The van der Waals surface area contributed by atoms with E-state index < -0.39 is 11.5 Å². The predicted molar refractivity (Wildman–Crippen MR) is 83.9 cm³/mol. The van der Waals surface area contributed by atoms with Gasteiger partial charge in [-0.3, -0.25) is 0 Å². The number of hydrogen-bond donors (Lipinski definition) is 1. The number of esters is 1. The molecule has 110 valence electrons. The quantitative estimate of drug-likeness (QED) is 0.656. The van der Waals surface area contributed by atoms with Crippen molar-refractivity contribution in [2.45, 2.75) is 17.0 Å². The summed E-state index contributed by atoms with van der Waals surface area (Å²) in [6.07, 6.45) is 2.22. The average molecular weight is 302 g/mol. The third-order valence-electron chi connectivity index (χ3n) is 3.22. The van der Waals surface area contributed by atoms with Crippen LogP contribution in [0.1, 0.15) is 12.0 Å². The maximum atomic E-state index is 12.1. The lowest BCUT2D eigenvalue weighted by atomic mass is 9.88. The smallest absolute Gasteiger partial charge is 0.330 e. The first kappa shape index (κ1) is 15.5. The molecule has 0 bridgehead atoms. The van der Waals surface area contributed by atoms with Crippen molar-refractivity contribution in [3.05, 3.63) is 60.3 Å². The molecule has 1 atom stereocenters. The van der Waals surface area contributed by atoms with Crippen LogP contribution >= 0.6 is 11.8 Å². The van der Waals surface area contributed by atoms with Gasteiger partial charge in [0.25, 0.3) is 0 Å². The summed E-state index contributed by atoms with van der Waals surface area (Å²) in [7, 11) is 1.36. The van der Waals surface area contributed by atoms with Gasteiger partial charge in [-0.1, -0.05) is 36.4 Å². The second-order valence-electron chi connectivity index (χ2n) is 4.60. The number of hydrogen-bond acceptors (Lipinski definition) is 5. The highest BCUT2D eigenvalue weighted by Crippen LogP contribution is 2.27. The van der Waals surface area contributed by atoms with E-state index in [4.69, 9.17) is 10.5 Å². The highest BCUT2D eigenvalue weighted by molar-refractivity contribution is 7.99. The fourth-order valence-electron chi connectivity index (χ4n) is 2.03. The van der Waals surface area contributed by atoms with Crippen LogP contribution in [-0.2, 0) is 15.1 Å². The molecule has 0 radical (unpaired) electrons. The fourth-order valence-corrected chi connectivity index (χ4v) is 2.97. The molecule has 0 aliphatic carbocycles. The second-order valence-corrected chi connectivity index (χ2v) is 5.71. The maximum absolute atomic E-state index is 12.1. The molecule has 0 saturated carbocycles. The van der Waals surface area contributed by atoms with E-state index in [-0.39, 0.29) is 0 Å². The molecule has 0 saturated heterocycles. The standard InChI is InChI=1S/C16H18N2O2S/c1-20-15(19)16(17,13-7-3-2-4-8-13)10-12-21-14-9-5-6-11-18-14/h2-9,11H,10,12,17H2,1H3. The number of benzene rings is 1. The minimum absolute atomic E-state index is 0.421. The summed E-state index contributed by atoms with van der Waals surface area (Å²) in [4.78, 5) is 16.3. The summed E-state index contributed by atoms with van der Waals surface area (Å²) in [5.74, 6) is 0.257. The van der Waals surface area contributed by atoms with Crippen molar-refractivity contribution < 1.29 is 9.53 Å². The monoisotopic (exact) mass is 302 g/mol. The predicted octanol–water partition coefficient (Wildman–Crippen LogP) is 2.59. The van der Waals surface area contributed by atoms with Crippen LogP contribution in [-0.4, -0.2) is 23.8 Å². The Morgan fingerprint density at radius 3 is 2.57 bits per heavy atom. The van der Waals surface area contributed by atoms with Crippen LogP contribution in [0.3, 0.4) is 0 Å². The summed E-state index contributed by atoms with van der Waals surface area (Å²) >= 11 is 1.57. The molecule has 1 heterocycles. The van der Waals surface area contributed by atoms with Gasteiger partial charge in [-0.25, -0.2) is 9.78 Å². The molecule has 0 fully saturated rings. The largest absolute Gasteiger partial charge is 0.467 e. The molecule has 1 aromatic heterocycles. The minimum atomic E-state index is -1.13. The van der Waals surface area contributed by atoms with Gasteiger partial charge in [0.05, 0.1) is 12.1 Å². The zero-order valence-corrected chi connectivity index (χ0v) is 12.7. The van der Waals surface area contributed by atoms with Crippen LogP contribution in [0.5, 0.6) is 0 Å². The summed E-state index contributed by atoms with van der Waals surface area (Å²) in [6.45, 7) is 0. The van der Waals surface area contributed by atoms with Crippen LogP contribution < -0.4 is 5.73 Å². The van der Waals surface area contributed by atoms with Crippen LogP contribution in [0.15, 0.2) is 59.8 Å². The molecule has 5 heteroatoms. The average Bonchev–Trinajstić information content (AvgIpc) is 2.55. The number of nitrogens with zero attached hydrogens (tertiary/aromatic N) is 1. The molecule has 1 unspecified atom stereocenters. The molecule has 0 amide bonds. The molecule has 4 nitrogen and oxygen atoms in total. The lowest BCUT2D eigenvalue weighted by molar-refractivity contribution is -0.147. The first-order chi connectivity index (χ1) is 10.2. The topological polar surface area (TPSA) is 65.2 Å². The van der Waals surface area contributed by atoms with Gasteiger partial charge >= 0.3 is 5.97 Å². The van der Waals surface area contributed by atoms with Gasteiger partial charge in [0.15, 0.2) is 0 Å². The van der Waals surface area contributed by atoms with E-state index in [0.717, 1.165) is 10.6 Å². The number of carbonyl (C=O) groups excluding carboxylic acids is 1. The molecule has 2 rings (SSSR count). The van der Waals surface area contributed by atoms with Crippen molar-refractivity contribution in [2.24, 2.45) is 5.73 Å². The van der Waals surface area contributed by atoms with Crippen LogP contribution in [0.4, 0.5) is 0 Å². The summed E-state index contributed by atoms with van der Waals surface area (Å²) in [6, 6.07) is 15.1. The van der Waals surface area contributed by atoms with Gasteiger partial charge in [-0.05, 0) is 24.1 Å². The lowest BCUT2D eigenvalue weighted by Gasteiger charge is -2.26. The third kappa shape index (κ3) is 3.83. The zero-order valence-electron chi connectivity index (χ0n) is 11.9. The first-order valence-corrected chi connectivity index (χ1v) is 7.62. The van der Waals surface area contributed by atoms with Gasteiger partial charge in [-0.15, -0.1) is 11.8 Å². The number of methoxy groups -OCH3 is 1. The summed E-state index contributed by atoms with van der Waals surface area (Å²) in [5, 5.41) is 0.915. The fraction of sp³-hybridized carbons (Fsp3) is 0.250.